The van der Waals surface area contributed by atoms with Crippen LogP contribution >= 0.6 is 0 Å². The molecule has 0 unspecified atom stereocenters. The quantitative estimate of drug-likeness (QED) is 0.639. The standard InChI is InChI=1S/C10H19N3O2.C7H6FNO2/c1-3-9(14)11-8-10(15)13-6-4-12(2)5-7-13;1-5-2-3-7(9(10)11)6(8)4-5/h3-8H2,1-2H3,(H,11,14);2-4H,1H3. The fourth-order valence-electron chi connectivity index (χ4n) is 2.23. The van der Waals surface area contributed by atoms with E-state index in [-0.39, 0.29) is 18.4 Å². The lowest BCUT2D eigenvalue weighted by molar-refractivity contribution is -0.387. The summed E-state index contributed by atoms with van der Waals surface area (Å²) in [7, 11) is 2.04. The Morgan fingerprint density at radius 3 is 2.38 bits per heavy atom. The maximum Gasteiger partial charge on any atom is 0.304 e. The number of nitro groups is 1. The highest BCUT2D eigenvalue weighted by Crippen LogP contribution is 2.16. The Hall–Kier alpha value is -2.55. The number of nitrogens with one attached hydrogen (secondary N) is 1. The Balaban J connectivity index is 0.000000273. The molecule has 0 radical (unpaired) electrons. The van der Waals surface area contributed by atoms with Crippen molar-refractivity contribution in [3.63, 3.8) is 0 Å². The molecule has 1 aliphatic rings. The van der Waals surface area contributed by atoms with Crippen molar-refractivity contribution in [2.45, 2.75) is 20.3 Å². The first kappa shape index (κ1) is 21.5. The van der Waals surface area contributed by atoms with Gasteiger partial charge < -0.3 is 15.1 Å². The lowest BCUT2D eigenvalue weighted by atomic mass is 10.2. The van der Waals surface area contributed by atoms with E-state index >= 15 is 0 Å². The van der Waals surface area contributed by atoms with Gasteiger partial charge in [-0.3, -0.25) is 19.7 Å². The van der Waals surface area contributed by atoms with E-state index < -0.39 is 16.4 Å². The predicted octanol–water partition coefficient (Wildman–Crippen LogP) is 1.33. The maximum atomic E-state index is 12.7. The van der Waals surface area contributed by atoms with Gasteiger partial charge >= 0.3 is 5.69 Å². The SMILES string of the molecule is CCC(=O)NCC(=O)N1CCN(C)CC1.Cc1ccc([N+](=O)[O-])c(F)c1. The number of hydrogen-bond donors (Lipinski definition) is 1. The molecule has 1 aromatic carbocycles. The van der Waals surface area contributed by atoms with Gasteiger partial charge in [0.15, 0.2) is 0 Å². The number of likely N-dealkylation sites (N-methyl/N-ethyl adjacent to an activating group) is 1. The number of nitro benzene ring substituents is 1. The van der Waals surface area contributed by atoms with Crippen LogP contribution in [0.25, 0.3) is 0 Å². The van der Waals surface area contributed by atoms with Crippen molar-refractivity contribution in [3.8, 4) is 0 Å². The number of amides is 2. The van der Waals surface area contributed by atoms with Crippen molar-refractivity contribution in [3.05, 3.63) is 39.7 Å². The summed E-state index contributed by atoms with van der Waals surface area (Å²) in [6, 6.07) is 3.80. The minimum absolute atomic E-state index is 0.0184. The molecule has 2 amide bonds. The highest BCUT2D eigenvalue weighted by Gasteiger charge is 2.18. The molecular formula is C17H25FN4O4. The second-order valence-electron chi connectivity index (χ2n) is 6.03. The third-order valence-corrected chi connectivity index (χ3v) is 3.91. The van der Waals surface area contributed by atoms with Crippen molar-refractivity contribution < 1.29 is 18.9 Å². The summed E-state index contributed by atoms with van der Waals surface area (Å²) in [5.41, 5.74) is 0.198. The Bertz CT molecular complexity index is 646. The first-order valence-electron chi connectivity index (χ1n) is 8.38. The van der Waals surface area contributed by atoms with Crippen molar-refractivity contribution in [2.75, 3.05) is 39.8 Å². The number of benzene rings is 1. The van der Waals surface area contributed by atoms with E-state index in [0.717, 1.165) is 38.3 Å². The van der Waals surface area contributed by atoms with Crippen molar-refractivity contribution in [1.82, 2.24) is 15.1 Å². The molecule has 1 heterocycles. The third kappa shape index (κ3) is 7.14. The highest BCUT2D eigenvalue weighted by molar-refractivity contribution is 5.84. The minimum atomic E-state index is -0.782. The zero-order valence-electron chi connectivity index (χ0n) is 15.3. The van der Waals surface area contributed by atoms with Crippen LogP contribution < -0.4 is 5.32 Å². The van der Waals surface area contributed by atoms with Crippen LogP contribution in [0.1, 0.15) is 18.9 Å². The summed E-state index contributed by atoms with van der Waals surface area (Å²) in [4.78, 5) is 35.9. The third-order valence-electron chi connectivity index (χ3n) is 3.91. The van der Waals surface area contributed by atoms with Crippen LogP contribution in [-0.4, -0.2) is 66.3 Å². The smallest absolute Gasteiger partial charge is 0.304 e. The normalized spacial score (nSPS) is 14.2. The minimum Gasteiger partial charge on any atom is -0.347 e. The van der Waals surface area contributed by atoms with Crippen LogP contribution in [0.3, 0.4) is 0 Å². The molecule has 26 heavy (non-hydrogen) atoms. The number of piperazine rings is 1. The second-order valence-corrected chi connectivity index (χ2v) is 6.03. The van der Waals surface area contributed by atoms with Crippen molar-refractivity contribution >= 4 is 17.5 Å². The number of nitrogens with zero attached hydrogens (tertiary/aromatic N) is 3. The van der Waals surface area contributed by atoms with E-state index in [9.17, 15) is 24.1 Å². The molecule has 9 heteroatoms. The molecular weight excluding hydrogens is 343 g/mol. The number of hydrogen-bond acceptors (Lipinski definition) is 5. The van der Waals surface area contributed by atoms with Gasteiger partial charge in [0.1, 0.15) is 0 Å². The van der Waals surface area contributed by atoms with Crippen LogP contribution in [0, 0.1) is 22.9 Å². The number of carbonyl (C=O) groups is 2. The zero-order valence-corrected chi connectivity index (χ0v) is 15.3. The second kappa shape index (κ2) is 10.4. The number of carbonyl (C=O) groups excluding carboxylic acids is 2. The van der Waals surface area contributed by atoms with E-state index in [4.69, 9.17) is 0 Å². The molecule has 1 saturated heterocycles. The van der Waals surface area contributed by atoms with Gasteiger partial charge in [0.2, 0.25) is 17.6 Å². The van der Waals surface area contributed by atoms with Gasteiger partial charge in [-0.25, -0.2) is 0 Å². The van der Waals surface area contributed by atoms with Gasteiger partial charge in [-0.15, -0.1) is 0 Å². The fourth-order valence-corrected chi connectivity index (χ4v) is 2.23. The van der Waals surface area contributed by atoms with E-state index in [2.05, 4.69) is 10.2 Å². The van der Waals surface area contributed by atoms with Gasteiger partial charge in [0.05, 0.1) is 11.5 Å². The molecule has 144 valence electrons. The largest absolute Gasteiger partial charge is 0.347 e. The zero-order chi connectivity index (χ0) is 19.7. The maximum absolute atomic E-state index is 12.7. The van der Waals surface area contributed by atoms with Gasteiger partial charge in [-0.1, -0.05) is 13.0 Å². The first-order chi connectivity index (χ1) is 12.2. The molecule has 1 aromatic rings. The van der Waals surface area contributed by atoms with Gasteiger partial charge in [-0.05, 0) is 25.6 Å². The summed E-state index contributed by atoms with van der Waals surface area (Å²) in [6.45, 7) is 6.93. The molecule has 1 aliphatic heterocycles. The van der Waals surface area contributed by atoms with Crippen LogP contribution in [0.4, 0.5) is 10.1 Å². The molecule has 8 nitrogen and oxygen atoms in total. The molecule has 0 saturated carbocycles. The van der Waals surface area contributed by atoms with Crippen molar-refractivity contribution in [2.24, 2.45) is 0 Å². The van der Waals surface area contributed by atoms with Crippen LogP contribution in [-0.2, 0) is 9.59 Å². The van der Waals surface area contributed by atoms with Gasteiger partial charge in [0, 0.05) is 38.7 Å². The van der Waals surface area contributed by atoms with E-state index in [1.807, 2.05) is 7.05 Å². The number of rotatable bonds is 4. The molecule has 0 bridgehead atoms. The van der Waals surface area contributed by atoms with E-state index in [1.165, 1.54) is 6.07 Å². The van der Waals surface area contributed by atoms with Crippen molar-refractivity contribution in [1.29, 1.82) is 0 Å². The molecule has 0 aromatic heterocycles. The summed E-state index contributed by atoms with van der Waals surface area (Å²) in [5.74, 6) is -0.836. The Morgan fingerprint density at radius 1 is 1.27 bits per heavy atom. The molecule has 0 spiro atoms. The van der Waals surface area contributed by atoms with E-state index in [0.29, 0.717) is 12.0 Å². The summed E-state index contributed by atoms with van der Waals surface area (Å²) >= 11 is 0. The molecule has 2 rings (SSSR count). The number of aryl methyl sites for hydroxylation is 1. The molecule has 0 aliphatic carbocycles. The first-order valence-corrected chi connectivity index (χ1v) is 8.38. The molecule has 1 N–H and O–H groups in total. The lowest BCUT2D eigenvalue weighted by Crippen LogP contribution is -2.50. The summed E-state index contributed by atoms with van der Waals surface area (Å²) < 4.78 is 12.7. The topological polar surface area (TPSA) is 95.8 Å². The average molecular weight is 368 g/mol. The van der Waals surface area contributed by atoms with Crippen LogP contribution in [0.15, 0.2) is 18.2 Å². The number of halogens is 1. The van der Waals surface area contributed by atoms with Gasteiger partial charge in [0.25, 0.3) is 0 Å². The summed E-state index contributed by atoms with van der Waals surface area (Å²) in [6.07, 6.45) is 0.427. The average Bonchev–Trinajstić information content (AvgIpc) is 2.60. The summed E-state index contributed by atoms with van der Waals surface area (Å²) in [5, 5.41) is 12.7. The Morgan fingerprint density at radius 2 is 1.88 bits per heavy atom. The Labute approximate surface area is 152 Å². The molecule has 1 fully saturated rings. The van der Waals surface area contributed by atoms with Crippen LogP contribution in [0.2, 0.25) is 0 Å². The van der Waals surface area contributed by atoms with E-state index in [1.54, 1.807) is 18.7 Å². The van der Waals surface area contributed by atoms with Crippen LogP contribution in [0.5, 0.6) is 0 Å². The monoisotopic (exact) mass is 368 g/mol. The predicted molar refractivity (Wildman–Crippen MR) is 95.2 cm³/mol. The van der Waals surface area contributed by atoms with Gasteiger partial charge in [-0.2, -0.15) is 4.39 Å². The highest BCUT2D eigenvalue weighted by atomic mass is 19.1. The molecule has 0 atom stereocenters. The Kier molecular flexibility index (Phi) is 8.63. The lowest BCUT2D eigenvalue weighted by Gasteiger charge is -2.32. The fraction of sp³-hybridized carbons (Fsp3) is 0.529.